The Balaban J connectivity index is 1.37. The summed E-state index contributed by atoms with van der Waals surface area (Å²) in [4.78, 5) is 40.2. The molecule has 4 aliphatic carbocycles. The van der Waals surface area contributed by atoms with Gasteiger partial charge >= 0.3 is 11.9 Å². The molecule has 242 valence electrons. The van der Waals surface area contributed by atoms with E-state index in [0.717, 1.165) is 5.56 Å². The number of hydrogen-bond donors (Lipinski definition) is 3. The number of esters is 2. The number of rotatable bonds is 5. The van der Waals surface area contributed by atoms with Gasteiger partial charge in [0.1, 0.15) is 17.8 Å². The van der Waals surface area contributed by atoms with Gasteiger partial charge < -0.3 is 38.7 Å². The number of carbonyl (C=O) groups is 3. The first-order chi connectivity index (χ1) is 20.7. The lowest BCUT2D eigenvalue weighted by atomic mass is 9.33. The molecule has 1 aromatic heterocycles. The summed E-state index contributed by atoms with van der Waals surface area (Å²) in [5.74, 6) is -3.89. The van der Waals surface area contributed by atoms with E-state index in [4.69, 9.17) is 23.4 Å². The van der Waals surface area contributed by atoms with Gasteiger partial charge in [-0.25, -0.2) is 0 Å². The van der Waals surface area contributed by atoms with Gasteiger partial charge in [0.2, 0.25) is 6.29 Å². The van der Waals surface area contributed by atoms with Crippen molar-refractivity contribution >= 4 is 17.7 Å². The maximum Gasteiger partial charge on any atom is 0.310 e. The van der Waals surface area contributed by atoms with Crippen molar-refractivity contribution in [1.29, 1.82) is 0 Å². The molecule has 3 heterocycles. The van der Waals surface area contributed by atoms with E-state index in [1.54, 1.807) is 26.4 Å². The maximum atomic E-state index is 14.8. The molecule has 4 saturated carbocycles. The highest BCUT2D eigenvalue weighted by molar-refractivity contribution is 5.91. The number of epoxide rings is 1. The highest BCUT2D eigenvalue weighted by atomic mass is 16.7. The Morgan fingerprint density at radius 2 is 1.80 bits per heavy atom. The minimum Gasteiger partial charge on any atom is -0.472 e. The van der Waals surface area contributed by atoms with Gasteiger partial charge in [0.05, 0.1) is 48.8 Å². The monoisotopic (exact) mass is 616 g/mol. The van der Waals surface area contributed by atoms with E-state index in [2.05, 4.69) is 0 Å². The Morgan fingerprint density at radius 1 is 1.07 bits per heavy atom. The van der Waals surface area contributed by atoms with E-state index in [-0.39, 0.29) is 31.5 Å². The van der Waals surface area contributed by atoms with Crippen LogP contribution in [0.2, 0.25) is 0 Å². The number of carbonyl (C=O) groups excluding carboxylic acids is 3. The zero-order valence-electron chi connectivity index (χ0n) is 26.1. The summed E-state index contributed by atoms with van der Waals surface area (Å²) in [5.41, 5.74) is -4.95. The van der Waals surface area contributed by atoms with Gasteiger partial charge in [-0.05, 0) is 43.7 Å². The third-order valence-corrected chi connectivity index (χ3v) is 13.5. The molecule has 2 saturated heterocycles. The Bertz CT molecular complexity index is 1380. The van der Waals surface area contributed by atoms with Crippen LogP contribution in [0.3, 0.4) is 0 Å². The van der Waals surface area contributed by atoms with Crippen molar-refractivity contribution in [2.75, 3.05) is 6.61 Å². The highest BCUT2D eigenvalue weighted by Gasteiger charge is 2.92. The first-order valence-electron chi connectivity index (χ1n) is 15.9. The van der Waals surface area contributed by atoms with Crippen LogP contribution in [0.4, 0.5) is 0 Å². The average molecular weight is 617 g/mol. The molecule has 44 heavy (non-hydrogen) atoms. The van der Waals surface area contributed by atoms with E-state index in [1.807, 2.05) is 26.8 Å². The maximum absolute atomic E-state index is 14.8. The van der Waals surface area contributed by atoms with Crippen LogP contribution in [0.25, 0.3) is 0 Å². The third-order valence-electron chi connectivity index (χ3n) is 13.5. The molecule has 2 aliphatic heterocycles. The van der Waals surface area contributed by atoms with Crippen molar-refractivity contribution in [3.8, 4) is 0 Å². The van der Waals surface area contributed by atoms with Crippen LogP contribution in [0.5, 0.6) is 0 Å². The molecule has 7 rings (SSSR count). The fraction of sp³-hybridized carbons (Fsp3) is 0.788. The second-order valence-electron chi connectivity index (χ2n) is 15.0. The Labute approximate surface area is 256 Å². The van der Waals surface area contributed by atoms with Crippen molar-refractivity contribution < 1.29 is 53.1 Å². The summed E-state index contributed by atoms with van der Waals surface area (Å²) in [6, 6.07) is 1.84. The summed E-state index contributed by atoms with van der Waals surface area (Å²) in [6.07, 6.45) is -1.74. The second-order valence-corrected chi connectivity index (χ2v) is 15.0. The van der Waals surface area contributed by atoms with Crippen LogP contribution in [0.15, 0.2) is 23.0 Å². The molecular formula is C33H44O11. The molecule has 2 bridgehead atoms. The summed E-state index contributed by atoms with van der Waals surface area (Å²) >= 11 is 0. The first kappa shape index (κ1) is 30.3. The largest absolute Gasteiger partial charge is 0.472 e. The molecule has 0 radical (unpaired) electrons. The van der Waals surface area contributed by atoms with Gasteiger partial charge in [-0.2, -0.15) is 0 Å². The molecule has 1 spiro atoms. The molecule has 6 fully saturated rings. The zero-order chi connectivity index (χ0) is 31.8. The number of aliphatic hydroxyl groups excluding tert-OH is 3. The molecule has 1 unspecified atom stereocenters. The number of aliphatic hydroxyl groups is 3. The predicted octanol–water partition coefficient (Wildman–Crippen LogP) is 2.49. The predicted molar refractivity (Wildman–Crippen MR) is 151 cm³/mol. The molecule has 0 aromatic carbocycles. The van der Waals surface area contributed by atoms with E-state index >= 15 is 0 Å². The normalized spacial score (nSPS) is 52.6. The second kappa shape index (κ2) is 9.37. The molecule has 15 atom stereocenters. The van der Waals surface area contributed by atoms with Gasteiger partial charge in [0.25, 0.3) is 0 Å². The van der Waals surface area contributed by atoms with E-state index in [1.165, 1.54) is 6.92 Å². The fourth-order valence-corrected chi connectivity index (χ4v) is 11.2. The summed E-state index contributed by atoms with van der Waals surface area (Å²) in [6.45, 7) is 10.3. The van der Waals surface area contributed by atoms with Crippen LogP contribution in [-0.4, -0.2) is 82.1 Å². The van der Waals surface area contributed by atoms with Gasteiger partial charge in [-0.3, -0.25) is 14.4 Å². The Morgan fingerprint density at radius 3 is 2.43 bits per heavy atom. The Hall–Kier alpha value is -2.31. The standard InChI is InChI=1S/C33H44O11/c1-7-15(2)27(39)43-28-29(4)19-11-20(35)31(6)25(32(19,14-41-28)21(36)12-22(29)42-16(3)34)24(37)26(38)30(5)18(17-8-9-40-13-17)10-23-33(30,31)44-23/h8-9,13,15,18-23,25-26,28,35-36,38H,7,10-12,14H2,1-6H3/t15?,18-,19-,20+,21-,22+,23+,25-,26-,28-,29-,30+,31+,32+,33+/m0/s1. The molecule has 11 heteroatoms. The number of furan rings is 1. The van der Waals surface area contributed by atoms with Crippen LogP contribution < -0.4 is 0 Å². The molecule has 6 aliphatic rings. The van der Waals surface area contributed by atoms with Crippen LogP contribution >= 0.6 is 0 Å². The van der Waals surface area contributed by atoms with E-state index < -0.39 is 93.4 Å². The number of Topliss-reactive ketones (excluding diaryl/α,β-unsaturated/α-hetero) is 1. The minimum absolute atomic E-state index is 0.0223. The Kier molecular flexibility index (Phi) is 6.47. The lowest BCUT2D eigenvalue weighted by molar-refractivity contribution is -0.374. The molecular weight excluding hydrogens is 572 g/mol. The average Bonchev–Trinajstić information content (AvgIpc) is 3.33. The van der Waals surface area contributed by atoms with E-state index in [9.17, 15) is 29.7 Å². The summed E-state index contributed by atoms with van der Waals surface area (Å²) in [5, 5.41) is 36.5. The number of hydrogen-bond acceptors (Lipinski definition) is 11. The molecule has 11 nitrogen and oxygen atoms in total. The van der Waals surface area contributed by atoms with Crippen molar-refractivity contribution in [2.45, 2.75) is 116 Å². The van der Waals surface area contributed by atoms with Crippen molar-refractivity contribution in [2.24, 2.45) is 39.4 Å². The number of ether oxygens (including phenoxy) is 4. The van der Waals surface area contributed by atoms with Gasteiger partial charge in [-0.1, -0.05) is 27.7 Å². The lowest BCUT2D eigenvalue weighted by Crippen LogP contribution is -2.82. The molecule has 3 N–H and O–H groups in total. The van der Waals surface area contributed by atoms with Gasteiger partial charge in [-0.15, -0.1) is 0 Å². The minimum atomic E-state index is -1.46. The number of ketones is 1. The lowest BCUT2D eigenvalue weighted by Gasteiger charge is -2.73. The summed E-state index contributed by atoms with van der Waals surface area (Å²) < 4.78 is 30.0. The molecule has 1 aromatic rings. The van der Waals surface area contributed by atoms with Crippen molar-refractivity contribution in [3.05, 3.63) is 24.2 Å². The zero-order valence-corrected chi connectivity index (χ0v) is 26.1. The van der Waals surface area contributed by atoms with E-state index in [0.29, 0.717) is 12.8 Å². The number of fused-ring (bicyclic) bond motifs is 1. The fourth-order valence-electron chi connectivity index (χ4n) is 11.2. The van der Waals surface area contributed by atoms with Gasteiger partial charge in [0.15, 0.2) is 5.78 Å². The van der Waals surface area contributed by atoms with Crippen LogP contribution in [0, 0.1) is 39.4 Å². The van der Waals surface area contributed by atoms with Gasteiger partial charge in [0, 0.05) is 41.4 Å². The van der Waals surface area contributed by atoms with Crippen molar-refractivity contribution in [3.63, 3.8) is 0 Å². The topological polar surface area (TPSA) is 165 Å². The van der Waals surface area contributed by atoms with Crippen LogP contribution in [0.1, 0.15) is 78.7 Å². The van der Waals surface area contributed by atoms with Crippen LogP contribution in [-0.2, 0) is 33.3 Å². The summed E-state index contributed by atoms with van der Waals surface area (Å²) in [7, 11) is 0. The smallest absolute Gasteiger partial charge is 0.310 e. The SMILES string of the molecule is CCC(C)C(=O)O[C@@H]1OC[C@@]23[C@H]4C(=O)[C@H](O)[C@@]5(C)[C@H](c6ccoc6)C[C@H]6O[C@]65[C@]4(C)[C@H](O)C[C@H]2[C@@]1(C)[C@H](OC(C)=O)C[C@@H]3O. The third kappa shape index (κ3) is 3.23. The quantitative estimate of drug-likeness (QED) is 0.329. The highest BCUT2D eigenvalue weighted by Crippen LogP contribution is 2.82. The first-order valence-corrected chi connectivity index (χ1v) is 15.9. The molecule has 0 amide bonds. The van der Waals surface area contributed by atoms with Crippen molar-refractivity contribution in [1.82, 2.24) is 0 Å².